The van der Waals surface area contributed by atoms with Gasteiger partial charge in [0.15, 0.2) is 0 Å². The zero-order chi connectivity index (χ0) is 14.2. The van der Waals surface area contributed by atoms with Gasteiger partial charge >= 0.3 is 0 Å². The number of nitrogen functional groups attached to an aromatic ring is 1. The van der Waals surface area contributed by atoms with E-state index in [0.717, 1.165) is 20.2 Å². The molecule has 0 saturated heterocycles. The molecule has 6 heteroatoms. The monoisotopic (exact) mass is 383 g/mol. The number of nitrogens with two attached hydrogens (primary N) is 1. The number of aromatic nitrogens is 1. The van der Waals surface area contributed by atoms with E-state index in [1.54, 1.807) is 11.7 Å². The molecule has 0 spiro atoms. The third-order valence-corrected chi connectivity index (χ3v) is 3.86. The summed E-state index contributed by atoms with van der Waals surface area (Å²) in [6, 6.07) is 5.86. The fourth-order valence-electron chi connectivity index (χ4n) is 1.91. The maximum atomic E-state index is 9.11. The molecule has 2 aromatic rings. The Morgan fingerprint density at radius 1 is 1.37 bits per heavy atom. The van der Waals surface area contributed by atoms with Crippen LogP contribution >= 0.6 is 31.9 Å². The Morgan fingerprint density at radius 2 is 2.05 bits per heavy atom. The third-order valence-electron chi connectivity index (χ3n) is 2.80. The summed E-state index contributed by atoms with van der Waals surface area (Å²) in [6.45, 7) is 1.85. The van der Waals surface area contributed by atoms with Crippen molar-refractivity contribution in [3.63, 3.8) is 0 Å². The molecule has 2 N–H and O–H groups in total. The average Bonchev–Trinajstić information content (AvgIpc) is 2.63. The van der Waals surface area contributed by atoms with Crippen molar-refractivity contribution in [2.45, 2.75) is 6.92 Å². The summed E-state index contributed by atoms with van der Waals surface area (Å²) in [5, 5.41) is 9.11. The smallest absolute Gasteiger partial charge is 0.145 e. The quantitative estimate of drug-likeness (QED) is 0.856. The van der Waals surface area contributed by atoms with Crippen LogP contribution in [0.4, 0.5) is 5.82 Å². The number of hydrogen-bond acceptors (Lipinski definition) is 3. The van der Waals surface area contributed by atoms with Crippen LogP contribution in [0.25, 0.3) is 5.69 Å². The lowest BCUT2D eigenvalue weighted by Gasteiger charge is -2.14. The summed E-state index contributed by atoms with van der Waals surface area (Å²) in [5.74, 6) is 1.06. The molecule has 1 aromatic carbocycles. The molecule has 98 valence electrons. The SMILES string of the molecule is COc1cc(Br)cc(Br)c1-n1cc(C)c(C#N)c1N. The summed E-state index contributed by atoms with van der Waals surface area (Å²) >= 11 is 6.91. The number of halogens is 2. The standard InChI is InChI=1S/C13H11Br2N3O/c1-7-6-18(13(17)9(7)5-16)12-10(15)3-8(14)4-11(12)19-2/h3-4,6H,17H2,1-2H3. The maximum absolute atomic E-state index is 9.11. The maximum Gasteiger partial charge on any atom is 0.145 e. The predicted molar refractivity (Wildman–Crippen MR) is 81.6 cm³/mol. The van der Waals surface area contributed by atoms with Gasteiger partial charge in [-0.15, -0.1) is 0 Å². The van der Waals surface area contributed by atoms with Crippen molar-refractivity contribution in [2.24, 2.45) is 0 Å². The highest BCUT2D eigenvalue weighted by molar-refractivity contribution is 9.11. The van der Waals surface area contributed by atoms with E-state index < -0.39 is 0 Å². The molecule has 0 bridgehead atoms. The van der Waals surface area contributed by atoms with Gasteiger partial charge in [0, 0.05) is 15.1 Å². The molecular formula is C13H11Br2N3O. The van der Waals surface area contributed by atoms with Gasteiger partial charge in [-0.2, -0.15) is 5.26 Å². The molecule has 19 heavy (non-hydrogen) atoms. The van der Waals surface area contributed by atoms with Gasteiger partial charge in [-0.3, -0.25) is 4.57 Å². The van der Waals surface area contributed by atoms with E-state index in [9.17, 15) is 0 Å². The molecule has 0 atom stereocenters. The Hall–Kier alpha value is -1.45. The van der Waals surface area contributed by atoms with E-state index in [2.05, 4.69) is 37.9 Å². The summed E-state index contributed by atoms with van der Waals surface area (Å²) in [5.41, 5.74) is 8.11. The number of benzene rings is 1. The Morgan fingerprint density at radius 3 is 2.58 bits per heavy atom. The number of methoxy groups -OCH3 is 1. The van der Waals surface area contributed by atoms with Gasteiger partial charge in [0.25, 0.3) is 0 Å². The van der Waals surface area contributed by atoms with Crippen molar-refractivity contribution in [2.75, 3.05) is 12.8 Å². The molecular weight excluding hydrogens is 374 g/mol. The molecule has 0 amide bonds. The number of anilines is 1. The highest BCUT2D eigenvalue weighted by Crippen LogP contribution is 2.37. The Bertz CT molecular complexity index is 686. The van der Waals surface area contributed by atoms with Gasteiger partial charge in [0.2, 0.25) is 0 Å². The molecule has 0 radical (unpaired) electrons. The second-order valence-corrected chi connectivity index (χ2v) is 5.76. The first kappa shape index (κ1) is 14.0. The minimum absolute atomic E-state index is 0.404. The predicted octanol–water partition coefficient (Wildman–Crippen LogP) is 3.77. The fourth-order valence-corrected chi connectivity index (χ4v) is 3.29. The summed E-state index contributed by atoms with van der Waals surface area (Å²) < 4.78 is 8.85. The minimum atomic E-state index is 0.404. The third kappa shape index (κ3) is 2.36. The summed E-state index contributed by atoms with van der Waals surface area (Å²) in [4.78, 5) is 0. The lowest BCUT2D eigenvalue weighted by Crippen LogP contribution is -2.03. The zero-order valence-electron chi connectivity index (χ0n) is 10.4. The molecule has 0 saturated carbocycles. The molecule has 0 unspecified atom stereocenters. The van der Waals surface area contributed by atoms with Crippen LogP contribution in [0.3, 0.4) is 0 Å². The van der Waals surface area contributed by atoms with Crippen molar-refractivity contribution in [1.29, 1.82) is 5.26 Å². The second-order valence-electron chi connectivity index (χ2n) is 3.99. The van der Waals surface area contributed by atoms with Crippen molar-refractivity contribution in [3.05, 3.63) is 38.4 Å². The largest absolute Gasteiger partial charge is 0.494 e. The van der Waals surface area contributed by atoms with Crippen molar-refractivity contribution < 1.29 is 4.74 Å². The molecule has 2 rings (SSSR count). The summed E-state index contributed by atoms with van der Waals surface area (Å²) in [7, 11) is 1.59. The Kier molecular flexibility index (Phi) is 3.88. The van der Waals surface area contributed by atoms with Crippen LogP contribution in [0, 0.1) is 18.3 Å². The average molecular weight is 385 g/mol. The van der Waals surface area contributed by atoms with Gasteiger partial charge in [0.05, 0.1) is 12.7 Å². The van der Waals surface area contributed by atoms with Gasteiger partial charge < -0.3 is 10.5 Å². The number of nitriles is 1. The van der Waals surface area contributed by atoms with E-state index in [0.29, 0.717) is 17.1 Å². The van der Waals surface area contributed by atoms with E-state index in [4.69, 9.17) is 15.7 Å². The summed E-state index contributed by atoms with van der Waals surface area (Å²) in [6.07, 6.45) is 1.82. The Labute approximate surface area is 128 Å². The highest BCUT2D eigenvalue weighted by atomic mass is 79.9. The topological polar surface area (TPSA) is 64.0 Å². The van der Waals surface area contributed by atoms with Crippen molar-refractivity contribution >= 4 is 37.7 Å². The molecule has 0 aliphatic heterocycles. The van der Waals surface area contributed by atoms with Crippen LogP contribution in [-0.2, 0) is 0 Å². The van der Waals surface area contributed by atoms with Gasteiger partial charge in [-0.1, -0.05) is 15.9 Å². The molecule has 1 heterocycles. The number of nitrogens with zero attached hydrogens (tertiary/aromatic N) is 2. The number of hydrogen-bond donors (Lipinski definition) is 1. The van der Waals surface area contributed by atoms with E-state index in [1.807, 2.05) is 25.3 Å². The van der Waals surface area contributed by atoms with Crippen LogP contribution in [0.5, 0.6) is 5.75 Å². The van der Waals surface area contributed by atoms with Crippen molar-refractivity contribution in [3.8, 4) is 17.5 Å². The first-order valence-electron chi connectivity index (χ1n) is 5.40. The fraction of sp³-hybridized carbons (Fsp3) is 0.154. The zero-order valence-corrected chi connectivity index (χ0v) is 13.5. The van der Waals surface area contributed by atoms with E-state index in [1.165, 1.54) is 0 Å². The first-order chi connectivity index (χ1) is 8.99. The van der Waals surface area contributed by atoms with Gasteiger partial charge in [0.1, 0.15) is 23.3 Å². The van der Waals surface area contributed by atoms with Crippen LogP contribution in [0.2, 0.25) is 0 Å². The Balaban J connectivity index is 2.76. The normalized spacial score (nSPS) is 10.3. The molecule has 0 aliphatic carbocycles. The molecule has 4 nitrogen and oxygen atoms in total. The number of ether oxygens (including phenoxy) is 1. The molecule has 1 aromatic heterocycles. The number of rotatable bonds is 2. The van der Waals surface area contributed by atoms with Gasteiger partial charge in [-0.05, 0) is 40.5 Å². The van der Waals surface area contributed by atoms with Crippen molar-refractivity contribution in [1.82, 2.24) is 4.57 Å². The first-order valence-corrected chi connectivity index (χ1v) is 6.99. The van der Waals surface area contributed by atoms with Gasteiger partial charge in [-0.25, -0.2) is 0 Å². The van der Waals surface area contributed by atoms with Crippen LogP contribution in [0.15, 0.2) is 27.3 Å². The lowest BCUT2D eigenvalue weighted by molar-refractivity contribution is 0.412. The molecule has 0 fully saturated rings. The van der Waals surface area contributed by atoms with E-state index >= 15 is 0 Å². The van der Waals surface area contributed by atoms with E-state index in [-0.39, 0.29) is 0 Å². The van der Waals surface area contributed by atoms with Crippen LogP contribution < -0.4 is 10.5 Å². The second kappa shape index (κ2) is 5.27. The van der Waals surface area contributed by atoms with Crippen LogP contribution in [0.1, 0.15) is 11.1 Å². The number of aryl methyl sites for hydroxylation is 1. The minimum Gasteiger partial charge on any atom is -0.494 e. The highest BCUT2D eigenvalue weighted by Gasteiger charge is 2.17. The lowest BCUT2D eigenvalue weighted by atomic mass is 10.2. The van der Waals surface area contributed by atoms with Crippen LogP contribution in [-0.4, -0.2) is 11.7 Å². The molecule has 0 aliphatic rings.